The average Bonchev–Trinajstić information content (AvgIpc) is 2.57. The topological polar surface area (TPSA) is 43.3 Å². The number of fused-ring (bicyclic) bond motifs is 2. The Morgan fingerprint density at radius 1 is 1.23 bits per heavy atom. The number of hydrogen-bond acceptors (Lipinski definition) is 3. The molecule has 1 aliphatic rings. The molecule has 140 valence electrons. The van der Waals surface area contributed by atoms with Crippen molar-refractivity contribution in [1.29, 1.82) is 0 Å². The van der Waals surface area contributed by atoms with E-state index in [2.05, 4.69) is 5.32 Å². The predicted molar refractivity (Wildman–Crippen MR) is 89.3 cm³/mol. The third kappa shape index (κ3) is 2.68. The van der Waals surface area contributed by atoms with E-state index in [0.717, 1.165) is 12.1 Å². The SMILES string of the molecule is CCOCCC1(C(F)(F)F)c2cc(F)ccc2Nc2c1ccn(C)c2=O. The molecule has 26 heavy (non-hydrogen) atoms. The van der Waals surface area contributed by atoms with Gasteiger partial charge in [-0.2, -0.15) is 13.2 Å². The highest BCUT2D eigenvalue weighted by atomic mass is 19.4. The smallest absolute Gasteiger partial charge is 0.382 e. The lowest BCUT2D eigenvalue weighted by Gasteiger charge is -2.42. The normalized spacial score (nSPS) is 18.8. The van der Waals surface area contributed by atoms with Crippen molar-refractivity contribution in [2.75, 3.05) is 18.5 Å². The van der Waals surface area contributed by atoms with Crippen molar-refractivity contribution >= 4 is 11.4 Å². The number of anilines is 2. The standard InChI is InChI=1S/C18H18F4N2O2/c1-3-26-9-7-17(18(20,21)22)12-6-8-24(2)16(25)15(12)23-14-5-4-11(19)10-13(14)17/h4-6,8,10,23H,3,7,9H2,1-2H3. The third-order valence-corrected chi connectivity index (χ3v) is 4.74. The van der Waals surface area contributed by atoms with Crippen LogP contribution in [0.15, 0.2) is 35.3 Å². The van der Waals surface area contributed by atoms with Crippen molar-refractivity contribution in [2.45, 2.75) is 24.9 Å². The Bertz CT molecular complexity index is 892. The second kappa shape index (κ2) is 6.42. The molecule has 0 saturated heterocycles. The van der Waals surface area contributed by atoms with E-state index in [4.69, 9.17) is 4.74 Å². The number of nitrogens with zero attached hydrogens (tertiary/aromatic N) is 1. The molecule has 0 bridgehead atoms. The van der Waals surface area contributed by atoms with Gasteiger partial charge in [-0.15, -0.1) is 0 Å². The van der Waals surface area contributed by atoms with Crippen LogP contribution in [0, 0.1) is 5.82 Å². The second-order valence-corrected chi connectivity index (χ2v) is 6.19. The zero-order chi connectivity index (χ0) is 19.1. The van der Waals surface area contributed by atoms with Gasteiger partial charge in [0.15, 0.2) is 0 Å². The first kappa shape index (κ1) is 18.4. The molecule has 0 amide bonds. The Morgan fingerprint density at radius 2 is 1.96 bits per heavy atom. The van der Waals surface area contributed by atoms with E-state index in [1.807, 2.05) is 0 Å². The molecule has 1 unspecified atom stereocenters. The largest absolute Gasteiger partial charge is 0.402 e. The number of pyridine rings is 1. The predicted octanol–water partition coefficient (Wildman–Crippen LogP) is 3.86. The number of halogens is 4. The molecular weight excluding hydrogens is 352 g/mol. The van der Waals surface area contributed by atoms with Gasteiger partial charge in [0.1, 0.15) is 16.9 Å². The molecule has 2 heterocycles. The van der Waals surface area contributed by atoms with Crippen molar-refractivity contribution in [3.8, 4) is 0 Å². The maximum atomic E-state index is 14.4. The Morgan fingerprint density at radius 3 is 2.62 bits per heavy atom. The maximum absolute atomic E-state index is 14.4. The highest BCUT2D eigenvalue weighted by Crippen LogP contribution is 2.55. The van der Waals surface area contributed by atoms with E-state index in [1.165, 1.54) is 29.9 Å². The highest BCUT2D eigenvalue weighted by molar-refractivity contribution is 5.76. The molecule has 0 saturated carbocycles. The molecule has 0 aliphatic carbocycles. The summed E-state index contributed by atoms with van der Waals surface area (Å²) in [6.07, 6.45) is -3.92. The summed E-state index contributed by atoms with van der Waals surface area (Å²) in [6.45, 7) is 1.76. The Labute approximate surface area is 147 Å². The van der Waals surface area contributed by atoms with Crippen LogP contribution in [0.2, 0.25) is 0 Å². The summed E-state index contributed by atoms with van der Waals surface area (Å²) in [5, 5.41) is 2.75. The first-order valence-electron chi connectivity index (χ1n) is 8.14. The zero-order valence-corrected chi connectivity index (χ0v) is 14.3. The van der Waals surface area contributed by atoms with Crippen LogP contribution in [-0.2, 0) is 17.2 Å². The van der Waals surface area contributed by atoms with E-state index in [9.17, 15) is 22.4 Å². The van der Waals surface area contributed by atoms with Gasteiger partial charge in [-0.3, -0.25) is 4.79 Å². The van der Waals surface area contributed by atoms with E-state index in [1.54, 1.807) is 6.92 Å². The van der Waals surface area contributed by atoms with Gasteiger partial charge in [0.05, 0.1) is 0 Å². The van der Waals surface area contributed by atoms with E-state index < -0.39 is 29.4 Å². The van der Waals surface area contributed by atoms with E-state index in [-0.39, 0.29) is 35.7 Å². The lowest BCUT2D eigenvalue weighted by molar-refractivity contribution is -0.183. The third-order valence-electron chi connectivity index (χ3n) is 4.74. The molecule has 1 atom stereocenters. The van der Waals surface area contributed by atoms with Gasteiger partial charge in [-0.1, -0.05) is 0 Å². The van der Waals surface area contributed by atoms with Crippen LogP contribution in [0.3, 0.4) is 0 Å². The number of benzene rings is 1. The number of rotatable bonds is 4. The van der Waals surface area contributed by atoms with Crippen LogP contribution in [0.25, 0.3) is 0 Å². The number of alkyl halides is 3. The van der Waals surface area contributed by atoms with Gasteiger partial charge < -0.3 is 14.6 Å². The molecule has 0 fully saturated rings. The van der Waals surface area contributed by atoms with Crippen molar-refractivity contribution in [1.82, 2.24) is 4.57 Å². The maximum Gasteiger partial charge on any atom is 0.402 e. The van der Waals surface area contributed by atoms with E-state index >= 15 is 0 Å². The van der Waals surface area contributed by atoms with Crippen LogP contribution in [0.1, 0.15) is 24.5 Å². The minimum Gasteiger partial charge on any atom is -0.382 e. The summed E-state index contributed by atoms with van der Waals surface area (Å²) in [7, 11) is 1.46. The molecule has 3 rings (SSSR count). The summed E-state index contributed by atoms with van der Waals surface area (Å²) in [5.41, 5.74) is -3.66. The highest BCUT2D eigenvalue weighted by Gasteiger charge is 2.60. The van der Waals surface area contributed by atoms with Gasteiger partial charge in [0, 0.05) is 37.7 Å². The Kier molecular flexibility index (Phi) is 4.56. The number of aryl methyl sites for hydroxylation is 1. The first-order chi connectivity index (χ1) is 12.2. The number of ether oxygens (including phenoxy) is 1. The first-order valence-corrected chi connectivity index (χ1v) is 8.14. The fourth-order valence-electron chi connectivity index (χ4n) is 3.45. The summed E-state index contributed by atoms with van der Waals surface area (Å²) >= 11 is 0. The Hall–Kier alpha value is -2.35. The molecule has 0 spiro atoms. The molecule has 0 radical (unpaired) electrons. The summed E-state index contributed by atoms with van der Waals surface area (Å²) in [5.74, 6) is -0.775. The molecular formula is C18H18F4N2O2. The van der Waals surface area contributed by atoms with Crippen LogP contribution >= 0.6 is 0 Å². The minimum atomic E-state index is -4.75. The van der Waals surface area contributed by atoms with Crippen molar-refractivity contribution in [3.63, 3.8) is 0 Å². The van der Waals surface area contributed by atoms with Crippen LogP contribution in [0.5, 0.6) is 0 Å². The number of aromatic nitrogens is 1. The molecule has 1 aromatic heterocycles. The average molecular weight is 370 g/mol. The van der Waals surface area contributed by atoms with Crippen LogP contribution < -0.4 is 10.9 Å². The lowest BCUT2D eigenvalue weighted by Crippen LogP contribution is -2.48. The number of hydrogen-bond donors (Lipinski definition) is 1. The fourth-order valence-corrected chi connectivity index (χ4v) is 3.45. The van der Waals surface area contributed by atoms with Crippen LogP contribution in [0.4, 0.5) is 28.9 Å². The molecule has 1 N–H and O–H groups in total. The summed E-state index contributed by atoms with van der Waals surface area (Å²) < 4.78 is 63.5. The summed E-state index contributed by atoms with van der Waals surface area (Å²) in [6, 6.07) is 4.42. The van der Waals surface area contributed by atoms with Crippen molar-refractivity contribution in [3.05, 3.63) is 57.8 Å². The van der Waals surface area contributed by atoms with Gasteiger partial charge >= 0.3 is 6.18 Å². The number of nitrogens with one attached hydrogen (secondary N) is 1. The molecule has 1 aliphatic heterocycles. The van der Waals surface area contributed by atoms with Crippen molar-refractivity contribution < 1.29 is 22.3 Å². The molecule has 4 nitrogen and oxygen atoms in total. The van der Waals surface area contributed by atoms with Gasteiger partial charge in [0.25, 0.3) is 5.56 Å². The monoisotopic (exact) mass is 370 g/mol. The molecule has 2 aromatic rings. The van der Waals surface area contributed by atoms with Crippen molar-refractivity contribution in [2.24, 2.45) is 7.05 Å². The molecule has 1 aromatic carbocycles. The fraction of sp³-hybridized carbons (Fsp3) is 0.389. The zero-order valence-electron chi connectivity index (χ0n) is 14.3. The Balaban J connectivity index is 2.36. The minimum absolute atomic E-state index is 0.0658. The van der Waals surface area contributed by atoms with E-state index in [0.29, 0.717) is 0 Å². The quantitative estimate of drug-likeness (QED) is 0.657. The van der Waals surface area contributed by atoms with Gasteiger partial charge in [-0.05, 0) is 43.2 Å². The second-order valence-electron chi connectivity index (χ2n) is 6.19. The van der Waals surface area contributed by atoms with Crippen LogP contribution in [-0.4, -0.2) is 24.0 Å². The van der Waals surface area contributed by atoms with Gasteiger partial charge in [-0.25, -0.2) is 4.39 Å². The molecule has 8 heteroatoms. The summed E-state index contributed by atoms with van der Waals surface area (Å²) in [4.78, 5) is 12.5. The lowest BCUT2D eigenvalue weighted by atomic mass is 9.68. The van der Waals surface area contributed by atoms with Gasteiger partial charge in [0.2, 0.25) is 0 Å².